The largest absolute Gasteiger partial charge is 0.490 e. The van der Waals surface area contributed by atoms with Crippen molar-refractivity contribution in [2.24, 2.45) is 0 Å². The lowest BCUT2D eigenvalue weighted by Gasteiger charge is -2.06. The van der Waals surface area contributed by atoms with E-state index >= 15 is 0 Å². The molecule has 0 saturated heterocycles. The van der Waals surface area contributed by atoms with E-state index in [-0.39, 0.29) is 5.91 Å². The Balaban J connectivity index is 1.81. The van der Waals surface area contributed by atoms with Gasteiger partial charge in [0.15, 0.2) is 0 Å². The first kappa shape index (κ1) is 14.8. The summed E-state index contributed by atoms with van der Waals surface area (Å²) in [5.74, 6) is 0.626. The third-order valence-electron chi connectivity index (χ3n) is 2.88. The summed E-state index contributed by atoms with van der Waals surface area (Å²) in [4.78, 5) is 16.2. The quantitative estimate of drug-likeness (QED) is 0.794. The zero-order valence-electron chi connectivity index (χ0n) is 11.8. The van der Waals surface area contributed by atoms with E-state index in [4.69, 9.17) is 4.74 Å². The van der Waals surface area contributed by atoms with Crippen LogP contribution in [0.1, 0.15) is 16.1 Å². The lowest BCUT2D eigenvalue weighted by Crippen LogP contribution is -2.25. The number of carbonyl (C=O) groups is 1. The maximum Gasteiger partial charge on any atom is 0.251 e. The summed E-state index contributed by atoms with van der Waals surface area (Å²) in [5.41, 5.74) is 1.58. The van der Waals surface area contributed by atoms with Gasteiger partial charge in [0.25, 0.3) is 5.91 Å². The van der Waals surface area contributed by atoms with E-state index in [0.29, 0.717) is 25.1 Å². The van der Waals surface area contributed by atoms with Crippen molar-refractivity contribution in [3.63, 3.8) is 0 Å². The maximum atomic E-state index is 12.0. The van der Waals surface area contributed by atoms with Crippen LogP contribution < -0.4 is 10.1 Å². The maximum absolute atomic E-state index is 12.0. The molecule has 0 atom stereocenters. The van der Waals surface area contributed by atoms with Crippen LogP contribution in [0.2, 0.25) is 0 Å². The van der Waals surface area contributed by atoms with Crippen LogP contribution >= 0.6 is 0 Å². The summed E-state index contributed by atoms with van der Waals surface area (Å²) < 4.78 is 5.37. The van der Waals surface area contributed by atoms with Crippen LogP contribution in [0, 0.1) is 0 Å². The monoisotopic (exact) mass is 282 g/mol. The van der Waals surface area contributed by atoms with Gasteiger partial charge in [-0.15, -0.1) is 0 Å². The summed E-state index contributed by atoms with van der Waals surface area (Å²) in [7, 11) is 0. The molecule has 0 fully saturated rings. The molecule has 0 aliphatic carbocycles. The molecule has 1 aromatic carbocycles. The van der Waals surface area contributed by atoms with Gasteiger partial charge in [0.05, 0.1) is 0 Å². The van der Waals surface area contributed by atoms with Crippen LogP contribution in [0.4, 0.5) is 0 Å². The molecule has 0 aliphatic rings. The van der Waals surface area contributed by atoms with Gasteiger partial charge in [-0.1, -0.05) is 18.7 Å². The number of hydrogen-bond acceptors (Lipinski definition) is 3. The van der Waals surface area contributed by atoms with Gasteiger partial charge in [-0.2, -0.15) is 0 Å². The number of aromatic nitrogens is 1. The van der Waals surface area contributed by atoms with Gasteiger partial charge in [0.1, 0.15) is 12.4 Å². The van der Waals surface area contributed by atoms with E-state index in [1.807, 2.05) is 18.2 Å². The predicted molar refractivity (Wildman–Crippen MR) is 82.4 cm³/mol. The number of amides is 1. The fourth-order valence-corrected chi connectivity index (χ4v) is 1.81. The van der Waals surface area contributed by atoms with Crippen LogP contribution in [0.5, 0.6) is 5.75 Å². The molecule has 0 saturated carbocycles. The van der Waals surface area contributed by atoms with Crippen molar-refractivity contribution in [1.29, 1.82) is 0 Å². The molecule has 2 rings (SSSR count). The van der Waals surface area contributed by atoms with Crippen molar-refractivity contribution in [2.45, 2.75) is 6.42 Å². The highest BCUT2D eigenvalue weighted by atomic mass is 16.5. The molecular weight excluding hydrogens is 264 g/mol. The Morgan fingerprint density at radius 1 is 1.24 bits per heavy atom. The Bertz CT molecular complexity index is 579. The van der Waals surface area contributed by atoms with E-state index in [0.717, 1.165) is 11.4 Å². The average Bonchev–Trinajstić information content (AvgIpc) is 2.54. The van der Waals surface area contributed by atoms with Crippen molar-refractivity contribution in [3.05, 3.63) is 72.6 Å². The minimum absolute atomic E-state index is 0.0961. The highest BCUT2D eigenvalue weighted by Gasteiger charge is 2.05. The standard InChI is InChI=1S/C17H18N2O2/c1-2-13-21-16-8-6-14(7-9-16)17(20)19-12-10-15-5-3-4-11-18-15/h2-9,11H,1,10,12-13H2,(H,19,20). The molecule has 2 aromatic rings. The lowest BCUT2D eigenvalue weighted by atomic mass is 10.2. The molecule has 108 valence electrons. The molecule has 4 heteroatoms. The number of carbonyl (C=O) groups excluding carboxylic acids is 1. The number of nitrogens with zero attached hydrogens (tertiary/aromatic N) is 1. The second kappa shape index (κ2) is 7.85. The zero-order valence-corrected chi connectivity index (χ0v) is 11.8. The minimum Gasteiger partial charge on any atom is -0.490 e. The fraction of sp³-hybridized carbons (Fsp3) is 0.176. The molecule has 1 N–H and O–H groups in total. The second-order valence-electron chi connectivity index (χ2n) is 4.45. The fourth-order valence-electron chi connectivity index (χ4n) is 1.81. The summed E-state index contributed by atoms with van der Waals surface area (Å²) in [6, 6.07) is 12.8. The Morgan fingerprint density at radius 3 is 2.71 bits per heavy atom. The normalized spacial score (nSPS) is 9.90. The van der Waals surface area contributed by atoms with Gasteiger partial charge >= 0.3 is 0 Å². The first-order chi connectivity index (χ1) is 10.3. The summed E-state index contributed by atoms with van der Waals surface area (Å²) in [5, 5.41) is 2.87. The van der Waals surface area contributed by atoms with Gasteiger partial charge in [0.2, 0.25) is 0 Å². The molecule has 0 unspecified atom stereocenters. The number of ether oxygens (including phenoxy) is 1. The third-order valence-corrected chi connectivity index (χ3v) is 2.88. The summed E-state index contributed by atoms with van der Waals surface area (Å²) in [6.45, 7) is 4.60. The molecular formula is C17H18N2O2. The molecule has 0 bridgehead atoms. The van der Waals surface area contributed by atoms with Gasteiger partial charge < -0.3 is 10.1 Å². The first-order valence-corrected chi connectivity index (χ1v) is 6.81. The van der Waals surface area contributed by atoms with Gasteiger partial charge in [-0.05, 0) is 36.4 Å². The van der Waals surface area contributed by atoms with Crippen LogP contribution in [0.3, 0.4) is 0 Å². The Hall–Kier alpha value is -2.62. The van der Waals surface area contributed by atoms with Crippen LogP contribution in [0.25, 0.3) is 0 Å². The molecule has 4 nitrogen and oxygen atoms in total. The zero-order chi connectivity index (χ0) is 14.9. The Labute approximate surface area is 124 Å². The SMILES string of the molecule is C=CCOc1ccc(C(=O)NCCc2ccccn2)cc1. The molecule has 1 heterocycles. The van der Waals surface area contributed by atoms with E-state index in [9.17, 15) is 4.79 Å². The van der Waals surface area contributed by atoms with E-state index in [1.165, 1.54) is 0 Å². The lowest BCUT2D eigenvalue weighted by molar-refractivity contribution is 0.0954. The van der Waals surface area contributed by atoms with Crippen molar-refractivity contribution in [2.75, 3.05) is 13.2 Å². The third kappa shape index (κ3) is 4.76. The van der Waals surface area contributed by atoms with E-state index in [2.05, 4.69) is 16.9 Å². The molecule has 0 radical (unpaired) electrons. The van der Waals surface area contributed by atoms with E-state index < -0.39 is 0 Å². The van der Waals surface area contributed by atoms with Gasteiger partial charge in [-0.25, -0.2) is 0 Å². The van der Waals surface area contributed by atoms with Crippen molar-refractivity contribution in [1.82, 2.24) is 10.3 Å². The number of nitrogens with one attached hydrogen (secondary N) is 1. The van der Waals surface area contributed by atoms with Crippen molar-refractivity contribution < 1.29 is 9.53 Å². The van der Waals surface area contributed by atoms with Gasteiger partial charge in [-0.3, -0.25) is 9.78 Å². The van der Waals surface area contributed by atoms with Crippen molar-refractivity contribution >= 4 is 5.91 Å². The van der Waals surface area contributed by atoms with Gasteiger partial charge in [0, 0.05) is 30.4 Å². The van der Waals surface area contributed by atoms with Crippen LogP contribution in [0.15, 0.2) is 61.3 Å². The minimum atomic E-state index is -0.0961. The predicted octanol–water partition coefficient (Wildman–Crippen LogP) is 2.62. The molecule has 1 amide bonds. The molecule has 1 aromatic heterocycles. The number of pyridine rings is 1. The summed E-state index contributed by atoms with van der Waals surface area (Å²) in [6.07, 6.45) is 4.14. The molecule has 0 spiro atoms. The highest BCUT2D eigenvalue weighted by molar-refractivity contribution is 5.94. The number of rotatable bonds is 7. The van der Waals surface area contributed by atoms with Crippen molar-refractivity contribution in [3.8, 4) is 5.75 Å². The number of hydrogen-bond donors (Lipinski definition) is 1. The smallest absolute Gasteiger partial charge is 0.251 e. The van der Waals surface area contributed by atoms with Crippen LogP contribution in [-0.4, -0.2) is 24.0 Å². The topological polar surface area (TPSA) is 51.2 Å². The van der Waals surface area contributed by atoms with E-state index in [1.54, 1.807) is 36.5 Å². The average molecular weight is 282 g/mol. The number of benzene rings is 1. The van der Waals surface area contributed by atoms with Crippen LogP contribution in [-0.2, 0) is 6.42 Å². The summed E-state index contributed by atoms with van der Waals surface area (Å²) >= 11 is 0. The second-order valence-corrected chi connectivity index (χ2v) is 4.45. The Morgan fingerprint density at radius 2 is 2.05 bits per heavy atom. The first-order valence-electron chi connectivity index (χ1n) is 6.81. The molecule has 21 heavy (non-hydrogen) atoms. The molecule has 0 aliphatic heterocycles. The Kier molecular flexibility index (Phi) is 5.52. The highest BCUT2D eigenvalue weighted by Crippen LogP contribution is 2.12.